The predicted octanol–water partition coefficient (Wildman–Crippen LogP) is 4.45. The van der Waals surface area contributed by atoms with E-state index in [1.165, 1.54) is 12.7 Å². The molecule has 4 nitrogen and oxygen atoms in total. The van der Waals surface area contributed by atoms with Gasteiger partial charge >= 0.3 is 5.97 Å². The Bertz CT molecular complexity index is 681. The van der Waals surface area contributed by atoms with E-state index in [1.807, 2.05) is 12.2 Å². The van der Waals surface area contributed by atoms with Crippen LogP contribution in [0.3, 0.4) is 0 Å². The zero-order valence-electron chi connectivity index (χ0n) is 17.0. The van der Waals surface area contributed by atoms with Crippen molar-refractivity contribution < 1.29 is 19.4 Å². The summed E-state index contributed by atoms with van der Waals surface area (Å²) in [4.78, 5) is 23.5. The molecule has 0 bridgehead atoms. The summed E-state index contributed by atoms with van der Waals surface area (Å²) in [5, 5.41) is 11.1. The minimum Gasteiger partial charge on any atom is -0.469 e. The average Bonchev–Trinajstić information content (AvgIpc) is 2.92. The van der Waals surface area contributed by atoms with Crippen molar-refractivity contribution in [3.05, 3.63) is 47.5 Å². The van der Waals surface area contributed by atoms with Crippen molar-refractivity contribution in [3.8, 4) is 0 Å². The Morgan fingerprint density at radius 2 is 1.93 bits per heavy atom. The largest absolute Gasteiger partial charge is 0.469 e. The fourth-order valence-electron chi connectivity index (χ4n) is 3.69. The molecule has 0 spiro atoms. The first-order valence-electron chi connectivity index (χ1n) is 9.76. The van der Waals surface area contributed by atoms with E-state index in [2.05, 4.69) is 49.8 Å². The summed E-state index contributed by atoms with van der Waals surface area (Å²) < 4.78 is 4.61. The number of unbranched alkanes of at least 4 members (excludes halogenated alkanes) is 1. The van der Waals surface area contributed by atoms with E-state index < -0.39 is 5.60 Å². The van der Waals surface area contributed by atoms with Gasteiger partial charge in [-0.05, 0) is 35.8 Å². The van der Waals surface area contributed by atoms with Gasteiger partial charge in [0.15, 0.2) is 5.78 Å². The Morgan fingerprint density at radius 3 is 2.52 bits per heavy atom. The van der Waals surface area contributed by atoms with Gasteiger partial charge in [0, 0.05) is 25.2 Å². The molecule has 0 radical (unpaired) electrons. The maximum atomic E-state index is 12.4. The number of Topliss-reactive ketones (excluding diaryl/α,β-unsaturated/α-hetero) is 1. The smallest absolute Gasteiger partial charge is 0.305 e. The molecule has 1 saturated carbocycles. The number of ketones is 1. The molecule has 2 atom stereocenters. The van der Waals surface area contributed by atoms with Crippen LogP contribution in [0.25, 0.3) is 0 Å². The summed E-state index contributed by atoms with van der Waals surface area (Å²) in [6, 6.07) is 8.30. The normalized spacial score (nSPS) is 23.1. The van der Waals surface area contributed by atoms with Gasteiger partial charge in [-0.2, -0.15) is 0 Å². The van der Waals surface area contributed by atoms with Crippen LogP contribution < -0.4 is 0 Å². The maximum absolute atomic E-state index is 12.4. The second-order valence-electron chi connectivity index (χ2n) is 8.45. The van der Waals surface area contributed by atoms with Crippen molar-refractivity contribution in [2.45, 2.75) is 76.2 Å². The van der Waals surface area contributed by atoms with Gasteiger partial charge in [-0.15, -0.1) is 0 Å². The third-order valence-corrected chi connectivity index (χ3v) is 5.47. The number of esters is 1. The zero-order chi connectivity index (χ0) is 20.1. The minimum absolute atomic E-state index is 0.0767. The molecule has 1 aliphatic rings. The molecule has 4 heteroatoms. The van der Waals surface area contributed by atoms with Crippen LogP contribution in [0.1, 0.15) is 76.3 Å². The lowest BCUT2D eigenvalue weighted by Crippen LogP contribution is -2.38. The van der Waals surface area contributed by atoms with Crippen molar-refractivity contribution in [3.63, 3.8) is 0 Å². The molecule has 0 aromatic heterocycles. The summed E-state index contributed by atoms with van der Waals surface area (Å²) in [5.74, 6) is -0.461. The Balaban J connectivity index is 2.02. The Labute approximate surface area is 162 Å². The van der Waals surface area contributed by atoms with Crippen LogP contribution in [0.2, 0.25) is 0 Å². The van der Waals surface area contributed by atoms with Gasteiger partial charge in [0.2, 0.25) is 0 Å². The summed E-state index contributed by atoms with van der Waals surface area (Å²) in [5.41, 5.74) is 1.01. The standard InChI is InChI=1S/C23H32O4/c1-22(2,3)18-12-10-17(11-13-18)19-14-15-20(24)23(19,26)16-8-6-5-7-9-21(25)27-4/h6,8,10-13,19,26H,5,7,9,14-16H2,1-4H3/t19-,23+/m0/s1. The molecule has 0 aliphatic heterocycles. The van der Waals surface area contributed by atoms with E-state index in [0.29, 0.717) is 32.1 Å². The summed E-state index contributed by atoms with van der Waals surface area (Å²) >= 11 is 0. The molecular formula is C23H32O4. The first-order valence-corrected chi connectivity index (χ1v) is 9.76. The van der Waals surface area contributed by atoms with Gasteiger partial charge < -0.3 is 9.84 Å². The van der Waals surface area contributed by atoms with E-state index in [-0.39, 0.29) is 23.1 Å². The van der Waals surface area contributed by atoms with Gasteiger partial charge in [-0.25, -0.2) is 0 Å². The molecule has 27 heavy (non-hydrogen) atoms. The lowest BCUT2D eigenvalue weighted by Gasteiger charge is -2.28. The highest BCUT2D eigenvalue weighted by atomic mass is 16.5. The highest BCUT2D eigenvalue weighted by molar-refractivity contribution is 5.91. The SMILES string of the molecule is COC(=O)CCCC=CC[C@]1(O)C(=O)CC[C@H]1c1ccc(C(C)(C)C)cc1. The van der Waals surface area contributed by atoms with Crippen LogP contribution in [-0.4, -0.2) is 29.6 Å². The minimum atomic E-state index is -1.33. The molecule has 1 aliphatic carbocycles. The molecular weight excluding hydrogens is 340 g/mol. The Kier molecular flexibility index (Phi) is 6.99. The topological polar surface area (TPSA) is 63.6 Å². The number of allylic oxidation sites excluding steroid dienone is 1. The highest BCUT2D eigenvalue weighted by Crippen LogP contribution is 2.43. The van der Waals surface area contributed by atoms with Gasteiger partial charge in [0.05, 0.1) is 7.11 Å². The maximum Gasteiger partial charge on any atom is 0.305 e. The molecule has 0 saturated heterocycles. The number of benzene rings is 1. The molecule has 148 valence electrons. The van der Waals surface area contributed by atoms with Crippen LogP contribution in [0.5, 0.6) is 0 Å². The number of rotatable bonds is 7. The Morgan fingerprint density at radius 1 is 1.26 bits per heavy atom. The van der Waals surface area contributed by atoms with Crippen LogP contribution in [0, 0.1) is 0 Å². The summed E-state index contributed by atoms with van der Waals surface area (Å²) in [6.45, 7) is 6.51. The number of hydrogen-bond donors (Lipinski definition) is 1. The third kappa shape index (κ3) is 5.29. The monoisotopic (exact) mass is 372 g/mol. The molecule has 1 aromatic carbocycles. The summed E-state index contributed by atoms with van der Waals surface area (Å²) in [6.07, 6.45) is 7.03. The van der Waals surface area contributed by atoms with Crippen molar-refractivity contribution in [1.82, 2.24) is 0 Å². The molecule has 0 amide bonds. The number of methoxy groups -OCH3 is 1. The van der Waals surface area contributed by atoms with E-state index in [9.17, 15) is 14.7 Å². The molecule has 1 N–H and O–H groups in total. The number of carbonyl (C=O) groups excluding carboxylic acids is 2. The molecule has 1 fully saturated rings. The van der Waals surface area contributed by atoms with E-state index in [1.54, 1.807) is 0 Å². The van der Waals surface area contributed by atoms with Crippen molar-refractivity contribution in [2.24, 2.45) is 0 Å². The second kappa shape index (κ2) is 8.83. The lowest BCUT2D eigenvalue weighted by atomic mass is 9.80. The average molecular weight is 373 g/mol. The van der Waals surface area contributed by atoms with Crippen molar-refractivity contribution in [1.29, 1.82) is 0 Å². The molecule has 0 unspecified atom stereocenters. The third-order valence-electron chi connectivity index (χ3n) is 5.47. The van der Waals surface area contributed by atoms with Crippen molar-refractivity contribution >= 4 is 11.8 Å². The van der Waals surface area contributed by atoms with Crippen LogP contribution >= 0.6 is 0 Å². The zero-order valence-corrected chi connectivity index (χ0v) is 17.0. The van der Waals surface area contributed by atoms with Crippen molar-refractivity contribution in [2.75, 3.05) is 7.11 Å². The first kappa shape index (κ1) is 21.4. The highest BCUT2D eigenvalue weighted by Gasteiger charge is 2.48. The number of aliphatic hydroxyl groups is 1. The first-order chi connectivity index (χ1) is 12.7. The summed E-state index contributed by atoms with van der Waals surface area (Å²) in [7, 11) is 1.38. The lowest BCUT2D eigenvalue weighted by molar-refractivity contribution is -0.140. The van der Waals surface area contributed by atoms with Gasteiger partial charge in [-0.3, -0.25) is 9.59 Å². The van der Waals surface area contributed by atoms with Gasteiger partial charge in [0.1, 0.15) is 5.60 Å². The van der Waals surface area contributed by atoms with Gasteiger partial charge in [-0.1, -0.05) is 57.2 Å². The number of carbonyl (C=O) groups is 2. The quantitative estimate of drug-likeness (QED) is 0.436. The molecule has 0 heterocycles. The van der Waals surface area contributed by atoms with Crippen LogP contribution in [-0.2, 0) is 19.7 Å². The number of hydrogen-bond acceptors (Lipinski definition) is 4. The second-order valence-corrected chi connectivity index (χ2v) is 8.45. The molecule has 2 rings (SSSR count). The van der Waals surface area contributed by atoms with E-state index in [4.69, 9.17) is 0 Å². The Hall–Kier alpha value is -1.94. The van der Waals surface area contributed by atoms with Crippen LogP contribution in [0.15, 0.2) is 36.4 Å². The molecule has 1 aromatic rings. The number of ether oxygens (including phenoxy) is 1. The predicted molar refractivity (Wildman–Crippen MR) is 107 cm³/mol. The van der Waals surface area contributed by atoms with E-state index in [0.717, 1.165) is 12.0 Å². The fraction of sp³-hybridized carbons (Fsp3) is 0.565. The fourth-order valence-corrected chi connectivity index (χ4v) is 3.69. The van der Waals surface area contributed by atoms with E-state index >= 15 is 0 Å². The van der Waals surface area contributed by atoms with Gasteiger partial charge in [0.25, 0.3) is 0 Å². The van der Waals surface area contributed by atoms with Crippen LogP contribution in [0.4, 0.5) is 0 Å².